The Balaban J connectivity index is 2.15. The van der Waals surface area contributed by atoms with Gasteiger partial charge >= 0.3 is 0 Å². The second-order valence-electron chi connectivity index (χ2n) is 4.60. The van der Waals surface area contributed by atoms with Crippen molar-refractivity contribution in [3.8, 4) is 5.88 Å². The SMILES string of the molecule is COc1ccc(C(=O)N2CCC(C)C2CO)cn1. The number of methoxy groups -OCH3 is 1. The Morgan fingerprint density at radius 2 is 2.39 bits per heavy atom. The molecule has 0 saturated carbocycles. The highest BCUT2D eigenvalue weighted by atomic mass is 16.5. The summed E-state index contributed by atoms with van der Waals surface area (Å²) in [5, 5.41) is 9.36. The topological polar surface area (TPSA) is 62.7 Å². The van der Waals surface area contributed by atoms with Gasteiger partial charge in [-0.15, -0.1) is 0 Å². The monoisotopic (exact) mass is 250 g/mol. The summed E-state index contributed by atoms with van der Waals surface area (Å²) < 4.78 is 4.96. The zero-order valence-electron chi connectivity index (χ0n) is 10.7. The standard InChI is InChI=1S/C13H18N2O3/c1-9-5-6-15(11(9)8-16)13(17)10-3-4-12(18-2)14-7-10/h3-4,7,9,11,16H,5-6,8H2,1-2H3. The molecule has 1 aliphatic heterocycles. The summed E-state index contributed by atoms with van der Waals surface area (Å²) in [5.41, 5.74) is 0.531. The van der Waals surface area contributed by atoms with E-state index in [1.54, 1.807) is 17.0 Å². The first kappa shape index (κ1) is 12.8. The van der Waals surface area contributed by atoms with E-state index in [9.17, 15) is 9.90 Å². The molecule has 1 aliphatic rings. The maximum atomic E-state index is 12.3. The van der Waals surface area contributed by atoms with E-state index in [2.05, 4.69) is 11.9 Å². The highest BCUT2D eigenvalue weighted by molar-refractivity contribution is 5.94. The molecule has 2 heterocycles. The molecule has 0 aliphatic carbocycles. The van der Waals surface area contributed by atoms with Crippen LogP contribution in [-0.2, 0) is 0 Å². The predicted molar refractivity (Wildman–Crippen MR) is 66.5 cm³/mol. The van der Waals surface area contributed by atoms with Crippen molar-refractivity contribution < 1.29 is 14.6 Å². The average molecular weight is 250 g/mol. The maximum Gasteiger partial charge on any atom is 0.255 e. The molecule has 5 nitrogen and oxygen atoms in total. The van der Waals surface area contributed by atoms with Crippen LogP contribution in [0, 0.1) is 5.92 Å². The Bertz CT molecular complexity index is 419. The van der Waals surface area contributed by atoms with Crippen LogP contribution in [0.1, 0.15) is 23.7 Å². The van der Waals surface area contributed by atoms with Gasteiger partial charge in [-0.2, -0.15) is 0 Å². The van der Waals surface area contributed by atoms with E-state index in [-0.39, 0.29) is 18.6 Å². The highest BCUT2D eigenvalue weighted by Crippen LogP contribution is 2.25. The zero-order chi connectivity index (χ0) is 13.1. The number of hydrogen-bond acceptors (Lipinski definition) is 4. The van der Waals surface area contributed by atoms with Gasteiger partial charge in [-0.05, 0) is 18.4 Å². The van der Waals surface area contributed by atoms with E-state index in [1.807, 2.05) is 0 Å². The van der Waals surface area contributed by atoms with E-state index in [4.69, 9.17) is 4.74 Å². The van der Waals surface area contributed by atoms with Gasteiger partial charge in [0.05, 0.1) is 25.3 Å². The summed E-state index contributed by atoms with van der Waals surface area (Å²) >= 11 is 0. The van der Waals surface area contributed by atoms with E-state index >= 15 is 0 Å². The maximum absolute atomic E-state index is 12.3. The molecule has 0 radical (unpaired) electrons. The average Bonchev–Trinajstić information content (AvgIpc) is 2.79. The van der Waals surface area contributed by atoms with E-state index in [0.717, 1.165) is 6.42 Å². The fourth-order valence-electron chi connectivity index (χ4n) is 2.33. The van der Waals surface area contributed by atoms with Crippen LogP contribution in [0.2, 0.25) is 0 Å². The number of nitrogens with zero attached hydrogens (tertiary/aromatic N) is 2. The molecule has 1 fully saturated rings. The lowest BCUT2D eigenvalue weighted by Gasteiger charge is -2.25. The first-order valence-electron chi connectivity index (χ1n) is 6.09. The van der Waals surface area contributed by atoms with Crippen LogP contribution >= 0.6 is 0 Å². The van der Waals surface area contributed by atoms with Crippen molar-refractivity contribution in [2.45, 2.75) is 19.4 Å². The molecule has 2 rings (SSSR count). The number of ether oxygens (including phenoxy) is 1. The Morgan fingerprint density at radius 1 is 1.61 bits per heavy atom. The van der Waals surface area contributed by atoms with Crippen molar-refractivity contribution in [2.24, 2.45) is 5.92 Å². The van der Waals surface area contributed by atoms with Crippen molar-refractivity contribution in [3.05, 3.63) is 23.9 Å². The number of carbonyl (C=O) groups is 1. The molecule has 1 aromatic rings. The highest BCUT2D eigenvalue weighted by Gasteiger charge is 2.34. The molecular weight excluding hydrogens is 232 g/mol. The molecule has 18 heavy (non-hydrogen) atoms. The fraction of sp³-hybridized carbons (Fsp3) is 0.538. The smallest absolute Gasteiger partial charge is 0.255 e. The van der Waals surface area contributed by atoms with Crippen LogP contribution in [0.25, 0.3) is 0 Å². The molecule has 2 atom stereocenters. The van der Waals surface area contributed by atoms with Crippen molar-refractivity contribution in [1.29, 1.82) is 0 Å². The summed E-state index contributed by atoms with van der Waals surface area (Å²) in [7, 11) is 1.54. The number of rotatable bonds is 3. The number of hydrogen-bond donors (Lipinski definition) is 1. The van der Waals surface area contributed by atoms with E-state index < -0.39 is 0 Å². The van der Waals surface area contributed by atoms with Crippen molar-refractivity contribution in [2.75, 3.05) is 20.3 Å². The van der Waals surface area contributed by atoms with Gasteiger partial charge in [0.1, 0.15) is 0 Å². The molecule has 0 spiro atoms. The van der Waals surface area contributed by atoms with E-state index in [1.165, 1.54) is 13.3 Å². The molecule has 98 valence electrons. The minimum atomic E-state index is -0.0837. The van der Waals surface area contributed by atoms with Crippen LogP contribution in [0.5, 0.6) is 5.88 Å². The molecule has 1 saturated heterocycles. The lowest BCUT2D eigenvalue weighted by Crippen LogP contribution is -2.39. The Labute approximate surface area is 106 Å². The lowest BCUT2D eigenvalue weighted by atomic mass is 10.0. The number of amides is 1. The molecule has 1 amide bonds. The molecule has 1 N–H and O–H groups in total. The summed E-state index contributed by atoms with van der Waals surface area (Å²) in [6, 6.07) is 3.28. The number of carbonyl (C=O) groups excluding carboxylic acids is 1. The van der Waals surface area contributed by atoms with Crippen molar-refractivity contribution in [3.63, 3.8) is 0 Å². The van der Waals surface area contributed by atoms with Crippen LogP contribution in [0.15, 0.2) is 18.3 Å². The first-order chi connectivity index (χ1) is 8.67. The van der Waals surface area contributed by atoms with Gasteiger partial charge in [-0.3, -0.25) is 4.79 Å². The second kappa shape index (κ2) is 5.35. The number of pyridine rings is 1. The summed E-state index contributed by atoms with van der Waals surface area (Å²) in [5.74, 6) is 0.749. The number of aromatic nitrogens is 1. The van der Waals surface area contributed by atoms with Gasteiger partial charge in [-0.25, -0.2) is 4.98 Å². The van der Waals surface area contributed by atoms with Gasteiger partial charge in [0.25, 0.3) is 5.91 Å². The van der Waals surface area contributed by atoms with Crippen LogP contribution in [0.3, 0.4) is 0 Å². The number of aliphatic hydroxyl groups excluding tert-OH is 1. The third-order valence-corrected chi connectivity index (χ3v) is 3.52. The molecule has 2 unspecified atom stereocenters. The zero-order valence-corrected chi connectivity index (χ0v) is 10.7. The third kappa shape index (κ3) is 2.31. The van der Waals surface area contributed by atoms with Gasteiger partial charge in [0, 0.05) is 18.8 Å². The molecule has 5 heteroatoms. The molecule has 0 bridgehead atoms. The van der Waals surface area contributed by atoms with E-state index in [0.29, 0.717) is 23.9 Å². The molecule has 0 aromatic carbocycles. The van der Waals surface area contributed by atoms with Crippen molar-refractivity contribution >= 4 is 5.91 Å². The van der Waals surface area contributed by atoms with Gasteiger partial charge in [-0.1, -0.05) is 6.92 Å². The minimum absolute atomic E-state index is 0.0104. The quantitative estimate of drug-likeness (QED) is 0.867. The van der Waals surface area contributed by atoms with Crippen LogP contribution < -0.4 is 4.74 Å². The van der Waals surface area contributed by atoms with Crippen molar-refractivity contribution in [1.82, 2.24) is 9.88 Å². The first-order valence-corrected chi connectivity index (χ1v) is 6.09. The Morgan fingerprint density at radius 3 is 2.94 bits per heavy atom. The Kier molecular flexibility index (Phi) is 3.81. The fourth-order valence-corrected chi connectivity index (χ4v) is 2.33. The number of likely N-dealkylation sites (tertiary alicyclic amines) is 1. The summed E-state index contributed by atoms with van der Waals surface area (Å²) in [4.78, 5) is 18.1. The van der Waals surface area contributed by atoms with Gasteiger partial charge in [0.2, 0.25) is 5.88 Å². The minimum Gasteiger partial charge on any atom is -0.481 e. The third-order valence-electron chi connectivity index (χ3n) is 3.52. The number of aliphatic hydroxyl groups is 1. The largest absolute Gasteiger partial charge is 0.481 e. The second-order valence-corrected chi connectivity index (χ2v) is 4.60. The van der Waals surface area contributed by atoms with Crippen LogP contribution in [0.4, 0.5) is 0 Å². The summed E-state index contributed by atoms with van der Waals surface area (Å²) in [6.07, 6.45) is 2.44. The predicted octanol–water partition coefficient (Wildman–Crippen LogP) is 0.933. The van der Waals surface area contributed by atoms with Gasteiger partial charge < -0.3 is 14.7 Å². The Hall–Kier alpha value is -1.62. The normalized spacial score (nSPS) is 23.2. The summed E-state index contributed by atoms with van der Waals surface area (Å²) in [6.45, 7) is 2.76. The van der Waals surface area contributed by atoms with Crippen LogP contribution in [-0.4, -0.2) is 47.2 Å². The lowest BCUT2D eigenvalue weighted by molar-refractivity contribution is 0.0647. The molecular formula is C13H18N2O3. The molecule has 1 aromatic heterocycles. The van der Waals surface area contributed by atoms with Gasteiger partial charge in [0.15, 0.2) is 0 Å².